The number of carboxylic acids is 1. The maximum absolute atomic E-state index is 14.4. The number of aromatic nitrogens is 1. The Balaban J connectivity index is 1.61. The molecule has 55 heavy (non-hydrogen) atoms. The fourth-order valence-electron chi connectivity index (χ4n) is 8.81. The highest BCUT2D eigenvalue weighted by atomic mass is 16.5. The third kappa shape index (κ3) is 9.80. The van der Waals surface area contributed by atoms with Crippen LogP contribution in [0.5, 0.6) is 0 Å². The van der Waals surface area contributed by atoms with Gasteiger partial charge in [-0.2, -0.15) is 0 Å². The van der Waals surface area contributed by atoms with E-state index in [2.05, 4.69) is 62.2 Å². The van der Waals surface area contributed by atoms with Crippen LogP contribution in [-0.4, -0.2) is 71.1 Å². The van der Waals surface area contributed by atoms with Crippen LogP contribution in [0.4, 0.5) is 5.82 Å². The molecule has 4 N–H and O–H groups in total. The predicted octanol–water partition coefficient (Wildman–Crippen LogP) is 6.77. The molecule has 1 aromatic heterocycles. The van der Waals surface area contributed by atoms with Crippen LogP contribution in [0.1, 0.15) is 97.1 Å². The monoisotopic (exact) mass is 758 g/mol. The number of amidine groups is 1. The molecule has 13 nitrogen and oxygen atoms in total. The average Bonchev–Trinajstić information content (AvgIpc) is 3.59. The second kappa shape index (κ2) is 17.6. The van der Waals surface area contributed by atoms with Crippen LogP contribution in [0, 0.1) is 35.5 Å². The number of carboxylic acid groups (broad SMARTS) is 1. The summed E-state index contributed by atoms with van der Waals surface area (Å²) in [6.07, 6.45) is 4.62. The van der Waals surface area contributed by atoms with Gasteiger partial charge in [0.05, 0.1) is 11.4 Å². The van der Waals surface area contributed by atoms with Crippen LogP contribution in [0.25, 0.3) is 17.2 Å². The molecule has 2 saturated carbocycles. The maximum atomic E-state index is 14.4. The third-order valence-corrected chi connectivity index (χ3v) is 10.9. The van der Waals surface area contributed by atoms with E-state index in [1.165, 1.54) is 6.92 Å². The van der Waals surface area contributed by atoms with Gasteiger partial charge in [-0.25, -0.2) is 19.4 Å². The highest BCUT2D eigenvalue weighted by molar-refractivity contribution is 6.25. The number of carbonyl (C=O) groups is 5. The fourth-order valence-corrected chi connectivity index (χ4v) is 8.81. The minimum Gasteiger partial charge on any atom is -0.480 e. The van der Waals surface area contributed by atoms with Crippen molar-refractivity contribution < 1.29 is 43.3 Å². The first-order chi connectivity index (χ1) is 26.0. The minimum atomic E-state index is -1.23. The summed E-state index contributed by atoms with van der Waals surface area (Å²) >= 11 is 0. The number of anilines is 1. The number of amides is 2. The van der Waals surface area contributed by atoms with E-state index in [0.29, 0.717) is 39.9 Å². The van der Waals surface area contributed by atoms with Crippen LogP contribution in [-0.2, 0) is 33.4 Å². The highest BCUT2D eigenvalue weighted by Crippen LogP contribution is 2.41. The molecule has 296 valence electrons. The summed E-state index contributed by atoms with van der Waals surface area (Å²) in [6.45, 7) is 14.5. The van der Waals surface area contributed by atoms with Gasteiger partial charge in [0.25, 0.3) is 5.91 Å². The van der Waals surface area contributed by atoms with Gasteiger partial charge in [-0.1, -0.05) is 71.9 Å². The molecular formula is C42H54N4O9. The molecule has 0 radical (unpaired) electrons. The number of benzene rings is 1. The molecule has 4 atom stereocenters. The van der Waals surface area contributed by atoms with Gasteiger partial charge in [-0.05, 0) is 85.3 Å². The van der Waals surface area contributed by atoms with E-state index in [9.17, 15) is 24.0 Å². The lowest BCUT2D eigenvalue weighted by atomic mass is 9.75. The number of aliphatic imine (C=N–C) groups is 1. The Bertz CT molecular complexity index is 1870. The number of hydrogen-bond donors (Lipinski definition) is 4. The van der Waals surface area contributed by atoms with E-state index in [1.54, 1.807) is 13.0 Å². The highest BCUT2D eigenvalue weighted by Gasteiger charge is 2.39. The maximum Gasteiger partial charge on any atom is 0.342 e. The number of aromatic amines is 1. The second-order valence-electron chi connectivity index (χ2n) is 15.9. The van der Waals surface area contributed by atoms with Crippen LogP contribution in [0.15, 0.2) is 52.2 Å². The molecule has 3 aliphatic rings. The molecular weight excluding hydrogens is 704 g/mol. The number of esters is 2. The summed E-state index contributed by atoms with van der Waals surface area (Å²) in [6, 6.07) is 9.10. The van der Waals surface area contributed by atoms with Gasteiger partial charge in [-0.3, -0.25) is 9.59 Å². The van der Waals surface area contributed by atoms with Crippen molar-refractivity contribution >= 4 is 47.5 Å². The van der Waals surface area contributed by atoms with Gasteiger partial charge in [-0.15, -0.1) is 0 Å². The molecule has 2 heterocycles. The van der Waals surface area contributed by atoms with Gasteiger partial charge in [0.1, 0.15) is 48.2 Å². The molecule has 5 rings (SSSR count). The Morgan fingerprint density at radius 3 is 1.89 bits per heavy atom. The SMILES string of the molecule is CC(=O)NC1=NC(=Cc2[nH]c(NC(=O)COCC(=O)O)c(C(=O)OC3C(C)CC(C)CC3C)c2-c2ccccc2)C(C)=C1C(=O)OC1C(C)CC(C)CC1C. The van der Waals surface area contributed by atoms with Crippen LogP contribution >= 0.6 is 0 Å². The van der Waals surface area contributed by atoms with E-state index in [-0.39, 0.29) is 58.7 Å². The Hall–Kier alpha value is -5.04. The summed E-state index contributed by atoms with van der Waals surface area (Å²) in [5.74, 6) is -2.03. The molecule has 1 aliphatic heterocycles. The van der Waals surface area contributed by atoms with E-state index >= 15 is 0 Å². The number of nitrogens with one attached hydrogen (secondary N) is 3. The molecule has 2 fully saturated rings. The van der Waals surface area contributed by atoms with Crippen LogP contribution < -0.4 is 10.6 Å². The zero-order valence-corrected chi connectivity index (χ0v) is 33.0. The van der Waals surface area contributed by atoms with Gasteiger partial charge >= 0.3 is 17.9 Å². The van der Waals surface area contributed by atoms with Crippen molar-refractivity contribution in [3.8, 4) is 11.1 Å². The predicted molar refractivity (Wildman–Crippen MR) is 208 cm³/mol. The number of allylic oxidation sites excluding steroid dienone is 1. The Labute approximate surface area is 322 Å². The minimum absolute atomic E-state index is 0.0175. The quantitative estimate of drug-likeness (QED) is 0.180. The molecule has 2 aliphatic carbocycles. The molecule has 0 spiro atoms. The Morgan fingerprint density at radius 1 is 0.818 bits per heavy atom. The van der Waals surface area contributed by atoms with Crippen molar-refractivity contribution in [3.05, 3.63) is 58.4 Å². The van der Waals surface area contributed by atoms with E-state index < -0.39 is 42.9 Å². The first-order valence-electron chi connectivity index (χ1n) is 19.2. The van der Waals surface area contributed by atoms with Crippen molar-refractivity contribution in [1.29, 1.82) is 0 Å². The summed E-state index contributed by atoms with van der Waals surface area (Å²) < 4.78 is 17.4. The second-order valence-corrected chi connectivity index (χ2v) is 15.9. The van der Waals surface area contributed by atoms with E-state index in [4.69, 9.17) is 19.3 Å². The summed E-state index contributed by atoms with van der Waals surface area (Å²) in [5.41, 5.74) is 2.34. The zero-order valence-electron chi connectivity index (χ0n) is 33.0. The Kier molecular flexibility index (Phi) is 13.2. The smallest absolute Gasteiger partial charge is 0.342 e. The van der Waals surface area contributed by atoms with Crippen molar-refractivity contribution in [2.45, 2.75) is 93.3 Å². The van der Waals surface area contributed by atoms with Gasteiger partial charge < -0.3 is 34.9 Å². The lowest BCUT2D eigenvalue weighted by Gasteiger charge is -2.37. The van der Waals surface area contributed by atoms with E-state index in [0.717, 1.165) is 25.7 Å². The lowest BCUT2D eigenvalue weighted by Crippen LogP contribution is -2.39. The molecule has 13 heteroatoms. The first-order valence-corrected chi connectivity index (χ1v) is 19.2. The summed E-state index contributed by atoms with van der Waals surface area (Å²) in [5, 5.41) is 14.4. The number of ether oxygens (including phenoxy) is 3. The van der Waals surface area contributed by atoms with Crippen molar-refractivity contribution in [3.63, 3.8) is 0 Å². The van der Waals surface area contributed by atoms with Crippen molar-refractivity contribution in [2.24, 2.45) is 40.5 Å². The van der Waals surface area contributed by atoms with E-state index in [1.807, 2.05) is 30.3 Å². The van der Waals surface area contributed by atoms with Crippen LogP contribution in [0.2, 0.25) is 0 Å². The van der Waals surface area contributed by atoms with Crippen LogP contribution in [0.3, 0.4) is 0 Å². The first kappa shape index (κ1) is 41.1. The fraction of sp³-hybridized carbons (Fsp3) is 0.524. The topological polar surface area (TPSA) is 185 Å². The molecule has 0 bridgehead atoms. The molecule has 2 amide bonds. The molecule has 0 saturated heterocycles. The zero-order chi connectivity index (χ0) is 40.1. The summed E-state index contributed by atoms with van der Waals surface area (Å²) in [4.78, 5) is 72.7. The number of nitrogens with zero attached hydrogens (tertiary/aromatic N) is 1. The molecule has 1 aromatic carbocycles. The average molecular weight is 759 g/mol. The molecule has 4 unspecified atom stereocenters. The standard InChI is InChI=1S/C42H54N4O9/c1-21-14-23(3)37(24(4)15-21)54-41(51)34-27(7)30(44-39(34)43-28(8)47)18-31-35(29-12-10-9-11-13-29)36(40(45-31)46-32(48)19-53-20-33(49)50)42(52)55-38-25(5)16-22(2)17-26(38)6/h9-13,18,21-26,37-38,45H,14-17,19-20H2,1-8H3,(H,46,48)(H,49,50)(H,43,44,47). The Morgan fingerprint density at radius 2 is 1.36 bits per heavy atom. The third-order valence-electron chi connectivity index (χ3n) is 10.9. The molecule has 2 aromatic rings. The lowest BCUT2D eigenvalue weighted by molar-refractivity contribution is -0.152. The van der Waals surface area contributed by atoms with Crippen molar-refractivity contribution in [1.82, 2.24) is 10.3 Å². The number of hydrogen-bond acceptors (Lipinski definition) is 9. The largest absolute Gasteiger partial charge is 0.480 e. The van der Waals surface area contributed by atoms with Gasteiger partial charge in [0.2, 0.25) is 5.91 Å². The van der Waals surface area contributed by atoms with Gasteiger partial charge in [0, 0.05) is 12.5 Å². The van der Waals surface area contributed by atoms with Gasteiger partial charge in [0.15, 0.2) is 0 Å². The number of H-pyrrole nitrogens is 1. The van der Waals surface area contributed by atoms with Crippen molar-refractivity contribution in [2.75, 3.05) is 18.5 Å². The number of aliphatic carboxylic acids is 1. The summed E-state index contributed by atoms with van der Waals surface area (Å²) in [7, 11) is 0. The number of carbonyl (C=O) groups excluding carboxylic acids is 4. The normalized spacial score (nSPS) is 27.3. The number of rotatable bonds is 11.